The third kappa shape index (κ3) is 1.91. The van der Waals surface area contributed by atoms with Crippen LogP contribution < -0.4 is 0 Å². The van der Waals surface area contributed by atoms with E-state index in [9.17, 15) is 0 Å². The Bertz CT molecular complexity index is 552. The summed E-state index contributed by atoms with van der Waals surface area (Å²) in [6.07, 6.45) is 4.22. The number of fused-ring (bicyclic) bond motifs is 1. The molecular weight excluding hydrogens is 228 g/mol. The number of aliphatic imine (C=N–C) groups is 1. The topological polar surface area (TPSA) is 17.3 Å². The molecule has 0 saturated carbocycles. The van der Waals surface area contributed by atoms with Crippen molar-refractivity contribution in [2.24, 2.45) is 4.99 Å². The van der Waals surface area contributed by atoms with Gasteiger partial charge >= 0.3 is 0 Å². The molecule has 0 aliphatic carbocycles. The Balaban J connectivity index is 2.01. The zero-order chi connectivity index (χ0) is 11.7. The predicted molar refractivity (Wildman–Crippen MR) is 73.2 cm³/mol. The van der Waals surface area contributed by atoms with E-state index in [1.807, 2.05) is 0 Å². The van der Waals surface area contributed by atoms with Crippen molar-refractivity contribution in [3.05, 3.63) is 53.9 Å². The van der Waals surface area contributed by atoms with Crippen molar-refractivity contribution in [1.82, 2.24) is 4.57 Å². The quantitative estimate of drug-likeness (QED) is 0.740. The molecule has 2 nitrogen and oxygen atoms in total. The van der Waals surface area contributed by atoms with Crippen LogP contribution in [-0.2, 0) is 6.54 Å². The minimum Gasteiger partial charge on any atom is -0.344 e. The van der Waals surface area contributed by atoms with E-state index in [2.05, 4.69) is 58.4 Å². The highest BCUT2D eigenvalue weighted by Crippen LogP contribution is 2.19. The Kier molecular flexibility index (Phi) is 2.77. The van der Waals surface area contributed by atoms with Gasteiger partial charge in [-0.05, 0) is 30.5 Å². The monoisotopic (exact) mass is 242 g/mol. The second-order valence-electron chi connectivity index (χ2n) is 4.05. The van der Waals surface area contributed by atoms with Gasteiger partial charge in [-0.1, -0.05) is 12.1 Å². The lowest BCUT2D eigenvalue weighted by molar-refractivity contribution is 0.690. The van der Waals surface area contributed by atoms with Crippen LogP contribution in [0.1, 0.15) is 11.3 Å². The van der Waals surface area contributed by atoms with Crippen molar-refractivity contribution in [3.63, 3.8) is 0 Å². The molecule has 0 fully saturated rings. The molecule has 2 aromatic rings. The van der Waals surface area contributed by atoms with Crippen molar-refractivity contribution in [1.29, 1.82) is 0 Å². The Morgan fingerprint density at radius 2 is 2.00 bits per heavy atom. The van der Waals surface area contributed by atoms with Gasteiger partial charge in [-0.2, -0.15) is 0 Å². The third-order valence-corrected chi connectivity index (χ3v) is 3.79. The lowest BCUT2D eigenvalue weighted by Crippen LogP contribution is -2.18. The van der Waals surface area contributed by atoms with Gasteiger partial charge in [0.2, 0.25) is 0 Å². The molecule has 1 aromatic heterocycles. The smallest absolute Gasteiger partial charge is 0.0884 e. The molecule has 1 aliphatic heterocycles. The maximum Gasteiger partial charge on any atom is 0.0884 e. The maximum atomic E-state index is 4.66. The number of thioether (sulfide) groups is 1. The molecule has 1 aromatic carbocycles. The van der Waals surface area contributed by atoms with E-state index in [4.69, 9.17) is 0 Å². The Hall–Kier alpha value is -1.48. The van der Waals surface area contributed by atoms with Crippen LogP contribution in [0.2, 0.25) is 0 Å². The summed E-state index contributed by atoms with van der Waals surface area (Å²) in [7, 11) is 0. The fourth-order valence-electron chi connectivity index (χ4n) is 2.16. The molecule has 0 saturated heterocycles. The SMILES string of the molecule is CSc1ccc(C2=NCCn3cccc32)cc1. The average Bonchev–Trinajstić information content (AvgIpc) is 2.87. The number of aromatic nitrogens is 1. The van der Waals surface area contributed by atoms with Gasteiger partial charge in [0.1, 0.15) is 0 Å². The van der Waals surface area contributed by atoms with Gasteiger partial charge in [0.05, 0.1) is 18.0 Å². The number of hydrogen-bond acceptors (Lipinski definition) is 2. The zero-order valence-electron chi connectivity index (χ0n) is 9.76. The number of benzene rings is 1. The highest BCUT2D eigenvalue weighted by molar-refractivity contribution is 7.98. The second kappa shape index (κ2) is 4.41. The zero-order valence-corrected chi connectivity index (χ0v) is 10.6. The lowest BCUT2D eigenvalue weighted by Gasteiger charge is -2.16. The van der Waals surface area contributed by atoms with Crippen LogP contribution in [0, 0.1) is 0 Å². The van der Waals surface area contributed by atoms with E-state index in [1.165, 1.54) is 16.2 Å². The van der Waals surface area contributed by atoms with Gasteiger partial charge in [0.15, 0.2) is 0 Å². The summed E-state index contributed by atoms with van der Waals surface area (Å²) in [4.78, 5) is 5.95. The first-order valence-corrected chi connectivity index (χ1v) is 6.95. The van der Waals surface area contributed by atoms with Gasteiger partial charge in [-0.15, -0.1) is 11.8 Å². The van der Waals surface area contributed by atoms with Gasteiger partial charge < -0.3 is 4.57 Å². The molecule has 0 bridgehead atoms. The van der Waals surface area contributed by atoms with E-state index in [1.54, 1.807) is 11.8 Å². The molecule has 0 amide bonds. The molecule has 0 spiro atoms. The molecule has 0 atom stereocenters. The molecule has 0 radical (unpaired) electrons. The Morgan fingerprint density at radius 1 is 1.18 bits per heavy atom. The molecule has 2 heterocycles. The number of hydrogen-bond donors (Lipinski definition) is 0. The fourth-order valence-corrected chi connectivity index (χ4v) is 2.57. The predicted octanol–water partition coefficient (Wildman–Crippen LogP) is 3.06. The highest BCUT2D eigenvalue weighted by atomic mass is 32.2. The van der Waals surface area contributed by atoms with Crippen molar-refractivity contribution >= 4 is 17.5 Å². The van der Waals surface area contributed by atoms with E-state index in [0.29, 0.717) is 0 Å². The van der Waals surface area contributed by atoms with Crippen molar-refractivity contribution < 1.29 is 0 Å². The number of rotatable bonds is 2. The van der Waals surface area contributed by atoms with Gasteiger partial charge in [-0.3, -0.25) is 4.99 Å². The van der Waals surface area contributed by atoms with Crippen molar-refractivity contribution in [2.75, 3.05) is 12.8 Å². The van der Waals surface area contributed by atoms with Crippen molar-refractivity contribution in [2.45, 2.75) is 11.4 Å². The molecule has 3 heteroatoms. The van der Waals surface area contributed by atoms with E-state index >= 15 is 0 Å². The third-order valence-electron chi connectivity index (χ3n) is 3.05. The van der Waals surface area contributed by atoms with Gasteiger partial charge in [0, 0.05) is 23.2 Å². The summed E-state index contributed by atoms with van der Waals surface area (Å²) in [6, 6.07) is 12.9. The molecular formula is C14H14N2S. The van der Waals surface area contributed by atoms with Crippen LogP contribution in [0.15, 0.2) is 52.5 Å². The fraction of sp³-hybridized carbons (Fsp3) is 0.214. The Labute approximate surface area is 105 Å². The van der Waals surface area contributed by atoms with Gasteiger partial charge in [0.25, 0.3) is 0 Å². The molecule has 17 heavy (non-hydrogen) atoms. The second-order valence-corrected chi connectivity index (χ2v) is 4.93. The van der Waals surface area contributed by atoms with Crippen LogP contribution in [0.3, 0.4) is 0 Å². The van der Waals surface area contributed by atoms with Crippen LogP contribution in [0.4, 0.5) is 0 Å². The summed E-state index contributed by atoms with van der Waals surface area (Å²) in [5.74, 6) is 0. The Morgan fingerprint density at radius 3 is 2.76 bits per heavy atom. The van der Waals surface area contributed by atoms with E-state index in [-0.39, 0.29) is 0 Å². The van der Waals surface area contributed by atoms with Gasteiger partial charge in [-0.25, -0.2) is 0 Å². The summed E-state index contributed by atoms with van der Waals surface area (Å²) in [5, 5.41) is 0. The molecule has 0 N–H and O–H groups in total. The van der Waals surface area contributed by atoms with Crippen molar-refractivity contribution in [3.8, 4) is 0 Å². The summed E-state index contributed by atoms with van der Waals surface area (Å²) in [6.45, 7) is 1.87. The summed E-state index contributed by atoms with van der Waals surface area (Å²) >= 11 is 1.77. The highest BCUT2D eigenvalue weighted by Gasteiger charge is 2.14. The molecule has 3 rings (SSSR count). The molecule has 0 unspecified atom stereocenters. The lowest BCUT2D eigenvalue weighted by atomic mass is 10.1. The normalized spacial score (nSPS) is 14.3. The first-order chi connectivity index (χ1) is 8.38. The standard InChI is InChI=1S/C14H14N2S/c1-17-12-6-4-11(5-7-12)14-13-3-2-9-16(13)10-8-15-14/h2-7,9H,8,10H2,1H3. The first kappa shape index (κ1) is 10.7. The maximum absolute atomic E-state index is 4.66. The first-order valence-electron chi connectivity index (χ1n) is 5.73. The molecule has 86 valence electrons. The minimum atomic E-state index is 0.876. The number of nitrogens with zero attached hydrogens (tertiary/aromatic N) is 2. The van der Waals surface area contributed by atoms with Crippen LogP contribution in [0.25, 0.3) is 0 Å². The minimum absolute atomic E-state index is 0.876. The van der Waals surface area contributed by atoms with E-state index < -0.39 is 0 Å². The largest absolute Gasteiger partial charge is 0.344 e. The average molecular weight is 242 g/mol. The van der Waals surface area contributed by atoms with Crippen LogP contribution >= 0.6 is 11.8 Å². The molecule has 1 aliphatic rings. The van der Waals surface area contributed by atoms with Crippen LogP contribution in [0.5, 0.6) is 0 Å². The van der Waals surface area contributed by atoms with Crippen LogP contribution in [-0.4, -0.2) is 23.1 Å². The summed E-state index contributed by atoms with van der Waals surface area (Å²) in [5.41, 5.74) is 3.56. The summed E-state index contributed by atoms with van der Waals surface area (Å²) < 4.78 is 2.27. The van der Waals surface area contributed by atoms with E-state index in [0.717, 1.165) is 18.8 Å².